The minimum absolute atomic E-state index is 0.308. The number of carboxylic acids is 1. The molecule has 0 aliphatic rings. The summed E-state index contributed by atoms with van der Waals surface area (Å²) in [5, 5.41) is 15.7. The number of rotatable bonds is 3. The lowest BCUT2D eigenvalue weighted by atomic mass is 10.1. The molecule has 2 aromatic rings. The highest BCUT2D eigenvalue weighted by atomic mass is 16.4. The molecule has 1 heterocycles. The van der Waals surface area contributed by atoms with Gasteiger partial charge in [-0.15, -0.1) is 10.2 Å². The topological polar surface area (TPSA) is 76.2 Å². The molecule has 0 radical (unpaired) electrons. The van der Waals surface area contributed by atoms with Crippen molar-refractivity contribution in [3.05, 3.63) is 47.2 Å². The van der Waals surface area contributed by atoms with Crippen LogP contribution in [0.25, 0.3) is 0 Å². The summed E-state index contributed by atoms with van der Waals surface area (Å²) in [7, 11) is 0. The summed E-state index contributed by atoms with van der Waals surface area (Å²) in [6.07, 6.45) is 0.446. The van der Waals surface area contributed by atoms with E-state index in [-0.39, 0.29) is 5.89 Å². The van der Waals surface area contributed by atoms with Crippen molar-refractivity contribution < 1.29 is 14.3 Å². The van der Waals surface area contributed by atoms with Crippen molar-refractivity contribution in [2.24, 2.45) is 0 Å². The summed E-state index contributed by atoms with van der Waals surface area (Å²) in [6, 6.07) is 7.83. The number of benzene rings is 1. The molecule has 2 rings (SSSR count). The number of aromatic nitrogens is 2. The number of carbonyl (C=O) groups is 1. The van der Waals surface area contributed by atoms with E-state index in [1.165, 1.54) is 0 Å². The molecule has 1 N–H and O–H groups in total. The normalized spacial score (nSPS) is 10.3. The molecule has 0 fully saturated rings. The third kappa shape index (κ3) is 2.25. The van der Waals surface area contributed by atoms with Gasteiger partial charge < -0.3 is 9.52 Å². The Labute approximate surface area is 91.7 Å². The molecule has 1 aromatic carbocycles. The van der Waals surface area contributed by atoms with Gasteiger partial charge in [0.05, 0.1) is 6.42 Å². The van der Waals surface area contributed by atoms with Gasteiger partial charge in [0.15, 0.2) is 0 Å². The van der Waals surface area contributed by atoms with E-state index in [1.807, 2.05) is 31.2 Å². The Morgan fingerprint density at radius 2 is 2.25 bits per heavy atom. The summed E-state index contributed by atoms with van der Waals surface area (Å²) < 4.78 is 4.97. The number of hydrogen-bond donors (Lipinski definition) is 1. The van der Waals surface area contributed by atoms with Gasteiger partial charge in [-0.2, -0.15) is 0 Å². The summed E-state index contributed by atoms with van der Waals surface area (Å²) in [6.45, 7) is 1.99. The summed E-state index contributed by atoms with van der Waals surface area (Å²) in [5.41, 5.74) is 2.15. The smallest absolute Gasteiger partial charge is 0.393 e. The van der Waals surface area contributed by atoms with Crippen molar-refractivity contribution >= 4 is 5.97 Å². The second kappa shape index (κ2) is 4.14. The molecular formula is C11H10N2O3. The number of aryl methyl sites for hydroxylation is 1. The van der Waals surface area contributed by atoms with E-state index in [0.717, 1.165) is 11.1 Å². The van der Waals surface area contributed by atoms with E-state index in [4.69, 9.17) is 9.52 Å². The van der Waals surface area contributed by atoms with Gasteiger partial charge in [-0.25, -0.2) is 4.79 Å². The van der Waals surface area contributed by atoms with Gasteiger partial charge in [0.25, 0.3) is 0 Å². The van der Waals surface area contributed by atoms with Crippen molar-refractivity contribution in [2.45, 2.75) is 13.3 Å². The first-order valence-electron chi connectivity index (χ1n) is 4.76. The Bertz CT molecular complexity index is 519. The van der Waals surface area contributed by atoms with Crippen molar-refractivity contribution in [3.63, 3.8) is 0 Å². The first-order chi connectivity index (χ1) is 7.65. The minimum Gasteiger partial charge on any atom is -0.474 e. The van der Waals surface area contributed by atoms with Gasteiger partial charge in [0, 0.05) is 0 Å². The molecule has 0 saturated heterocycles. The van der Waals surface area contributed by atoms with Gasteiger partial charge in [-0.3, -0.25) is 0 Å². The predicted molar refractivity (Wildman–Crippen MR) is 55.2 cm³/mol. The van der Waals surface area contributed by atoms with Crippen LogP contribution in [0, 0.1) is 6.92 Å². The van der Waals surface area contributed by atoms with Crippen LogP contribution in [0.5, 0.6) is 0 Å². The fraction of sp³-hybridized carbons (Fsp3) is 0.182. The maximum Gasteiger partial charge on any atom is 0.393 e. The highest BCUT2D eigenvalue weighted by Gasteiger charge is 2.12. The third-order valence-electron chi connectivity index (χ3n) is 2.09. The van der Waals surface area contributed by atoms with Crippen LogP contribution in [0.15, 0.2) is 28.7 Å². The van der Waals surface area contributed by atoms with Crippen LogP contribution < -0.4 is 0 Å². The molecule has 1 aromatic heterocycles. The fourth-order valence-corrected chi connectivity index (χ4v) is 1.41. The van der Waals surface area contributed by atoms with Crippen molar-refractivity contribution in [1.82, 2.24) is 10.2 Å². The molecule has 0 unspecified atom stereocenters. The molecular weight excluding hydrogens is 208 g/mol. The lowest BCUT2D eigenvalue weighted by Gasteiger charge is -1.97. The van der Waals surface area contributed by atoms with E-state index >= 15 is 0 Å². The average molecular weight is 218 g/mol. The quantitative estimate of drug-likeness (QED) is 0.847. The number of aromatic carboxylic acids is 1. The van der Waals surface area contributed by atoms with E-state index < -0.39 is 5.97 Å². The van der Waals surface area contributed by atoms with E-state index in [1.54, 1.807) is 0 Å². The van der Waals surface area contributed by atoms with Crippen LogP contribution in [-0.4, -0.2) is 21.3 Å². The molecule has 0 atom stereocenters. The van der Waals surface area contributed by atoms with E-state index in [2.05, 4.69) is 10.2 Å². The molecule has 5 heteroatoms. The Morgan fingerprint density at radius 3 is 2.88 bits per heavy atom. The molecule has 0 spiro atoms. The highest BCUT2D eigenvalue weighted by Crippen LogP contribution is 2.10. The maximum atomic E-state index is 10.5. The first kappa shape index (κ1) is 10.4. The third-order valence-corrected chi connectivity index (χ3v) is 2.09. The van der Waals surface area contributed by atoms with E-state index in [9.17, 15) is 4.79 Å². The van der Waals surface area contributed by atoms with Crippen molar-refractivity contribution in [1.29, 1.82) is 0 Å². The number of hydrogen-bond acceptors (Lipinski definition) is 4. The molecule has 82 valence electrons. The summed E-state index contributed by atoms with van der Waals surface area (Å²) >= 11 is 0. The number of carboxylic acid groups (broad SMARTS) is 1. The van der Waals surface area contributed by atoms with Crippen LogP contribution in [-0.2, 0) is 6.42 Å². The minimum atomic E-state index is -1.21. The second-order valence-corrected chi connectivity index (χ2v) is 3.47. The Kier molecular flexibility index (Phi) is 2.68. The van der Waals surface area contributed by atoms with Gasteiger partial charge in [0.2, 0.25) is 5.89 Å². The largest absolute Gasteiger partial charge is 0.474 e. The monoisotopic (exact) mass is 218 g/mol. The van der Waals surface area contributed by atoms with Crippen LogP contribution in [0.4, 0.5) is 0 Å². The summed E-state index contributed by atoms with van der Waals surface area (Å²) in [4.78, 5) is 10.5. The van der Waals surface area contributed by atoms with Gasteiger partial charge in [-0.05, 0) is 12.5 Å². The lowest BCUT2D eigenvalue weighted by molar-refractivity contribution is 0.0651. The number of nitrogens with zero attached hydrogens (tertiary/aromatic N) is 2. The molecule has 5 nitrogen and oxygen atoms in total. The predicted octanol–water partition coefficient (Wildman–Crippen LogP) is 1.67. The fourth-order valence-electron chi connectivity index (χ4n) is 1.41. The maximum absolute atomic E-state index is 10.5. The van der Waals surface area contributed by atoms with Gasteiger partial charge in [-0.1, -0.05) is 29.8 Å². The SMILES string of the molecule is Cc1cccc(Cc2nnc(C(=O)O)o2)c1. The van der Waals surface area contributed by atoms with Crippen molar-refractivity contribution in [3.8, 4) is 0 Å². The Balaban J connectivity index is 2.17. The average Bonchev–Trinajstić information content (AvgIpc) is 2.66. The molecule has 0 aliphatic carbocycles. The highest BCUT2D eigenvalue weighted by molar-refractivity contribution is 5.81. The second-order valence-electron chi connectivity index (χ2n) is 3.47. The van der Waals surface area contributed by atoms with E-state index in [0.29, 0.717) is 12.3 Å². The Morgan fingerprint density at radius 1 is 1.44 bits per heavy atom. The molecule has 0 saturated carbocycles. The standard InChI is InChI=1S/C11H10N2O3/c1-7-3-2-4-8(5-7)6-9-12-13-10(16-9)11(14)15/h2-5H,6H2,1H3,(H,14,15). The van der Waals surface area contributed by atoms with Crippen LogP contribution in [0.1, 0.15) is 27.7 Å². The summed E-state index contributed by atoms with van der Waals surface area (Å²) in [5.74, 6) is -1.27. The van der Waals surface area contributed by atoms with Crippen LogP contribution in [0.2, 0.25) is 0 Å². The van der Waals surface area contributed by atoms with Crippen molar-refractivity contribution in [2.75, 3.05) is 0 Å². The lowest BCUT2D eigenvalue weighted by Crippen LogP contribution is -1.95. The molecule has 0 aliphatic heterocycles. The molecule has 0 amide bonds. The van der Waals surface area contributed by atoms with Gasteiger partial charge in [0.1, 0.15) is 0 Å². The molecule has 0 bridgehead atoms. The zero-order chi connectivity index (χ0) is 11.5. The zero-order valence-corrected chi connectivity index (χ0v) is 8.67. The molecule has 16 heavy (non-hydrogen) atoms. The zero-order valence-electron chi connectivity index (χ0n) is 8.67. The first-order valence-corrected chi connectivity index (χ1v) is 4.76. The van der Waals surface area contributed by atoms with Gasteiger partial charge >= 0.3 is 11.9 Å². The Hall–Kier alpha value is -2.17. The van der Waals surface area contributed by atoms with Crippen LogP contribution in [0.3, 0.4) is 0 Å². The van der Waals surface area contributed by atoms with Crippen LogP contribution >= 0.6 is 0 Å².